The van der Waals surface area contributed by atoms with E-state index in [0.29, 0.717) is 0 Å². The molecule has 0 bridgehead atoms. The van der Waals surface area contributed by atoms with E-state index in [9.17, 15) is 4.79 Å². The Balaban J connectivity index is 3.58. The van der Waals surface area contributed by atoms with Gasteiger partial charge in [0.25, 0.3) is 0 Å². The van der Waals surface area contributed by atoms with Crippen LogP contribution in [0.4, 0.5) is 0 Å². The lowest BCUT2D eigenvalue weighted by Gasteiger charge is -2.32. The second-order valence-corrected chi connectivity index (χ2v) is 4.09. The second-order valence-electron chi connectivity index (χ2n) is 4.09. The lowest BCUT2D eigenvalue weighted by molar-refractivity contribution is -0.137. The maximum atomic E-state index is 10.2. The van der Waals surface area contributed by atoms with Crippen LogP contribution in [-0.2, 0) is 4.79 Å². The molecule has 0 aliphatic rings. The summed E-state index contributed by atoms with van der Waals surface area (Å²) >= 11 is 0. The van der Waals surface area contributed by atoms with Crippen molar-refractivity contribution in [1.82, 2.24) is 4.81 Å². The van der Waals surface area contributed by atoms with E-state index in [1.54, 1.807) is 0 Å². The molecular weight excluding hydrogens is 153 g/mol. The zero-order valence-electron chi connectivity index (χ0n) is 8.42. The first kappa shape index (κ1) is 11.5. The summed E-state index contributed by atoms with van der Waals surface area (Å²) in [4.78, 5) is 12.4. The largest absolute Gasteiger partial charge is 0.481 e. The smallest absolute Gasteiger partial charge is 0.303 e. The molecule has 0 rings (SSSR count). The Hall–Kier alpha value is -0.505. The van der Waals surface area contributed by atoms with Gasteiger partial charge in [0.15, 0.2) is 7.98 Å². The summed E-state index contributed by atoms with van der Waals surface area (Å²) in [5.41, 5.74) is 0.137. The standard InChI is InChI=1S/C8H18BNO2/c1-8(2,3)10(9)6-4-5-7(11)12/h4-6,9H2,1-3H3,(H,11,12). The molecule has 0 aliphatic carbocycles. The van der Waals surface area contributed by atoms with E-state index in [1.165, 1.54) is 0 Å². The first-order chi connectivity index (χ1) is 5.34. The van der Waals surface area contributed by atoms with E-state index in [-0.39, 0.29) is 12.0 Å². The molecular formula is C8H18BNO2. The molecule has 0 atom stereocenters. The Morgan fingerprint density at radius 1 is 1.50 bits per heavy atom. The van der Waals surface area contributed by atoms with Gasteiger partial charge in [0.1, 0.15) is 0 Å². The van der Waals surface area contributed by atoms with Crippen molar-refractivity contribution in [2.45, 2.75) is 39.2 Å². The molecule has 0 fully saturated rings. The van der Waals surface area contributed by atoms with Crippen LogP contribution in [0.3, 0.4) is 0 Å². The van der Waals surface area contributed by atoms with Gasteiger partial charge < -0.3 is 9.92 Å². The minimum Gasteiger partial charge on any atom is -0.481 e. The number of nitrogens with zero attached hydrogens (tertiary/aromatic N) is 1. The van der Waals surface area contributed by atoms with Crippen LogP contribution in [0, 0.1) is 0 Å². The molecule has 0 aromatic heterocycles. The molecule has 3 nitrogen and oxygen atoms in total. The Labute approximate surface area is 75.2 Å². The summed E-state index contributed by atoms with van der Waals surface area (Å²) < 4.78 is 0. The third kappa shape index (κ3) is 5.19. The molecule has 0 heterocycles. The summed E-state index contributed by atoms with van der Waals surface area (Å²) in [5, 5.41) is 8.41. The van der Waals surface area contributed by atoms with Crippen LogP contribution in [0.1, 0.15) is 33.6 Å². The van der Waals surface area contributed by atoms with Crippen molar-refractivity contribution >= 4 is 14.0 Å². The highest BCUT2D eigenvalue weighted by Gasteiger charge is 2.15. The van der Waals surface area contributed by atoms with Crippen molar-refractivity contribution in [2.24, 2.45) is 0 Å². The average molecular weight is 171 g/mol. The predicted octanol–water partition coefficient (Wildman–Crippen LogP) is 0.500. The molecule has 0 saturated carbocycles. The molecule has 12 heavy (non-hydrogen) atoms. The molecule has 4 heteroatoms. The maximum Gasteiger partial charge on any atom is 0.303 e. The fraction of sp³-hybridized carbons (Fsp3) is 0.875. The highest BCUT2D eigenvalue weighted by Crippen LogP contribution is 2.10. The second kappa shape index (κ2) is 4.50. The van der Waals surface area contributed by atoms with Gasteiger partial charge in [-0.15, -0.1) is 0 Å². The van der Waals surface area contributed by atoms with Crippen molar-refractivity contribution in [3.63, 3.8) is 0 Å². The normalized spacial score (nSPS) is 12.0. The van der Waals surface area contributed by atoms with Crippen LogP contribution < -0.4 is 0 Å². The van der Waals surface area contributed by atoms with Crippen LogP contribution in [-0.4, -0.2) is 36.0 Å². The van der Waals surface area contributed by atoms with Gasteiger partial charge in [-0.25, -0.2) is 0 Å². The van der Waals surface area contributed by atoms with E-state index in [1.807, 2.05) is 7.98 Å². The molecule has 0 radical (unpaired) electrons. The molecule has 0 saturated heterocycles. The van der Waals surface area contributed by atoms with E-state index in [2.05, 4.69) is 25.6 Å². The molecule has 70 valence electrons. The number of carbonyl (C=O) groups is 1. The third-order valence-corrected chi connectivity index (χ3v) is 2.03. The van der Waals surface area contributed by atoms with Gasteiger partial charge in [-0.2, -0.15) is 0 Å². The van der Waals surface area contributed by atoms with Crippen LogP contribution in [0.5, 0.6) is 0 Å². The minimum absolute atomic E-state index is 0.137. The fourth-order valence-electron chi connectivity index (χ4n) is 0.803. The molecule has 0 amide bonds. The molecule has 1 N–H and O–H groups in total. The Morgan fingerprint density at radius 2 is 2.00 bits per heavy atom. The highest BCUT2D eigenvalue weighted by atomic mass is 16.4. The Morgan fingerprint density at radius 3 is 2.33 bits per heavy atom. The summed E-state index contributed by atoms with van der Waals surface area (Å²) in [6.07, 6.45) is 0.990. The zero-order chi connectivity index (χ0) is 9.78. The van der Waals surface area contributed by atoms with E-state index in [4.69, 9.17) is 5.11 Å². The molecule has 0 unspecified atom stereocenters. The number of hydrogen-bond donors (Lipinski definition) is 1. The lowest BCUT2D eigenvalue weighted by atomic mass is 10.0. The first-order valence-electron chi connectivity index (χ1n) is 4.27. The maximum absolute atomic E-state index is 10.2. The number of aliphatic carboxylic acids is 1. The Kier molecular flexibility index (Phi) is 4.31. The van der Waals surface area contributed by atoms with Crippen molar-refractivity contribution in [3.8, 4) is 0 Å². The average Bonchev–Trinajstić information content (AvgIpc) is 1.84. The third-order valence-electron chi connectivity index (χ3n) is 2.03. The van der Waals surface area contributed by atoms with E-state index < -0.39 is 5.97 Å². The minimum atomic E-state index is -0.711. The predicted molar refractivity (Wildman–Crippen MR) is 51.9 cm³/mol. The van der Waals surface area contributed by atoms with Gasteiger partial charge in [-0.05, 0) is 33.7 Å². The van der Waals surface area contributed by atoms with E-state index >= 15 is 0 Å². The number of carboxylic acid groups (broad SMARTS) is 1. The molecule has 0 aliphatic heterocycles. The van der Waals surface area contributed by atoms with Crippen LogP contribution in [0.2, 0.25) is 0 Å². The first-order valence-corrected chi connectivity index (χ1v) is 4.27. The molecule has 0 spiro atoms. The van der Waals surface area contributed by atoms with Gasteiger partial charge >= 0.3 is 5.97 Å². The van der Waals surface area contributed by atoms with Gasteiger partial charge in [0, 0.05) is 12.0 Å². The Bertz CT molecular complexity index is 154. The molecule has 0 aromatic rings. The van der Waals surface area contributed by atoms with Crippen LogP contribution >= 0.6 is 0 Å². The summed E-state index contributed by atoms with van der Waals surface area (Å²) in [5.74, 6) is -0.711. The summed E-state index contributed by atoms with van der Waals surface area (Å²) in [7, 11) is 2.02. The molecule has 0 aromatic carbocycles. The van der Waals surface area contributed by atoms with Gasteiger partial charge in [-0.3, -0.25) is 4.79 Å². The number of carboxylic acids is 1. The lowest BCUT2D eigenvalue weighted by Crippen LogP contribution is -2.39. The van der Waals surface area contributed by atoms with Crippen molar-refractivity contribution in [3.05, 3.63) is 0 Å². The fourth-order valence-corrected chi connectivity index (χ4v) is 0.803. The van der Waals surface area contributed by atoms with Gasteiger partial charge in [0.2, 0.25) is 0 Å². The summed E-state index contributed by atoms with van der Waals surface area (Å²) in [6, 6.07) is 0. The van der Waals surface area contributed by atoms with Crippen LogP contribution in [0.15, 0.2) is 0 Å². The van der Waals surface area contributed by atoms with E-state index in [0.717, 1.165) is 13.0 Å². The van der Waals surface area contributed by atoms with Gasteiger partial charge in [-0.1, -0.05) is 0 Å². The van der Waals surface area contributed by atoms with Crippen LogP contribution in [0.25, 0.3) is 0 Å². The highest BCUT2D eigenvalue weighted by molar-refractivity contribution is 6.04. The SMILES string of the molecule is BN(CCCC(=O)O)C(C)(C)C. The zero-order valence-corrected chi connectivity index (χ0v) is 8.42. The van der Waals surface area contributed by atoms with Crippen molar-refractivity contribution in [2.75, 3.05) is 6.54 Å². The van der Waals surface area contributed by atoms with Gasteiger partial charge in [0.05, 0.1) is 0 Å². The summed E-state index contributed by atoms with van der Waals surface area (Å²) in [6.45, 7) is 7.20. The van der Waals surface area contributed by atoms with Crippen molar-refractivity contribution < 1.29 is 9.90 Å². The quantitative estimate of drug-likeness (QED) is 0.626. The van der Waals surface area contributed by atoms with Crippen molar-refractivity contribution in [1.29, 1.82) is 0 Å². The monoisotopic (exact) mass is 171 g/mol. The topological polar surface area (TPSA) is 40.5 Å². The number of rotatable bonds is 4. The number of hydrogen-bond acceptors (Lipinski definition) is 2.